The van der Waals surface area contributed by atoms with Crippen LogP contribution in [0.5, 0.6) is 0 Å². The van der Waals surface area contributed by atoms with Gasteiger partial charge in [0.25, 0.3) is 0 Å². The maximum atomic E-state index is 13.4. The van der Waals surface area contributed by atoms with Gasteiger partial charge in [0.15, 0.2) is 0 Å². The predicted octanol–water partition coefficient (Wildman–Crippen LogP) is 1.91. The Balaban J connectivity index is 2.58. The van der Waals surface area contributed by atoms with Crippen LogP contribution in [-0.4, -0.2) is 37.0 Å². The smallest absolute Gasteiger partial charge is 0.305 e. The Morgan fingerprint density at radius 3 is 2.58 bits per heavy atom. The van der Waals surface area contributed by atoms with Gasteiger partial charge in [-0.25, -0.2) is 4.39 Å². The molecule has 0 radical (unpaired) electrons. The molecular weight excluding hydrogens is 256 g/mol. The van der Waals surface area contributed by atoms with Crippen molar-refractivity contribution in [2.45, 2.75) is 13.0 Å². The zero-order chi connectivity index (χ0) is 14.4. The number of nitro groups is 1. The van der Waals surface area contributed by atoms with Gasteiger partial charge in [-0.3, -0.25) is 10.1 Å². The van der Waals surface area contributed by atoms with Crippen molar-refractivity contribution in [3.8, 4) is 0 Å². The van der Waals surface area contributed by atoms with Crippen LogP contribution >= 0.6 is 0 Å². The van der Waals surface area contributed by atoms with Crippen LogP contribution in [0.4, 0.5) is 14.5 Å². The van der Waals surface area contributed by atoms with Crippen molar-refractivity contribution in [2.75, 3.05) is 27.2 Å². The maximum Gasteiger partial charge on any atom is 0.305 e. The summed E-state index contributed by atoms with van der Waals surface area (Å²) >= 11 is 0. The summed E-state index contributed by atoms with van der Waals surface area (Å²) in [6.07, 6.45) is 0.873. The quantitative estimate of drug-likeness (QED) is 0.468. The summed E-state index contributed by atoms with van der Waals surface area (Å²) in [5.74, 6) is -1.93. The Bertz CT molecular complexity index is 453. The fraction of sp³-hybridized carbons (Fsp3) is 0.500. The van der Waals surface area contributed by atoms with Crippen LogP contribution in [0.2, 0.25) is 0 Å². The second-order valence-corrected chi connectivity index (χ2v) is 4.49. The summed E-state index contributed by atoms with van der Waals surface area (Å²) in [6, 6.07) is 1.48. The van der Waals surface area contributed by atoms with Crippen molar-refractivity contribution >= 4 is 5.69 Å². The number of halogens is 2. The first-order valence-electron chi connectivity index (χ1n) is 5.89. The van der Waals surface area contributed by atoms with E-state index < -0.39 is 22.2 Å². The second-order valence-electron chi connectivity index (χ2n) is 4.49. The molecule has 106 valence electrons. The van der Waals surface area contributed by atoms with Gasteiger partial charge in [-0.1, -0.05) is 0 Å². The Kier molecular flexibility index (Phi) is 5.78. The fourth-order valence-electron chi connectivity index (χ4n) is 1.60. The van der Waals surface area contributed by atoms with Crippen LogP contribution in [0.15, 0.2) is 12.1 Å². The van der Waals surface area contributed by atoms with E-state index in [1.165, 1.54) is 0 Å². The highest BCUT2D eigenvalue weighted by molar-refractivity contribution is 5.37. The highest BCUT2D eigenvalue weighted by Crippen LogP contribution is 2.21. The van der Waals surface area contributed by atoms with E-state index in [9.17, 15) is 18.9 Å². The highest BCUT2D eigenvalue weighted by atomic mass is 19.1. The van der Waals surface area contributed by atoms with Crippen LogP contribution in [0.3, 0.4) is 0 Å². The Morgan fingerprint density at radius 2 is 2.00 bits per heavy atom. The number of nitrogens with zero attached hydrogens (tertiary/aromatic N) is 2. The normalized spacial score (nSPS) is 11.0. The van der Waals surface area contributed by atoms with Gasteiger partial charge >= 0.3 is 5.69 Å². The average molecular weight is 273 g/mol. The van der Waals surface area contributed by atoms with E-state index in [2.05, 4.69) is 5.32 Å². The summed E-state index contributed by atoms with van der Waals surface area (Å²) in [5.41, 5.74) is -0.607. The van der Waals surface area contributed by atoms with E-state index in [0.717, 1.165) is 19.0 Å². The van der Waals surface area contributed by atoms with Gasteiger partial charge in [-0.05, 0) is 33.6 Å². The molecule has 1 aromatic carbocycles. The first-order valence-corrected chi connectivity index (χ1v) is 5.89. The molecule has 5 nitrogen and oxygen atoms in total. The molecule has 7 heteroatoms. The monoisotopic (exact) mass is 273 g/mol. The number of nitro benzene ring substituents is 1. The molecule has 1 N–H and O–H groups in total. The molecule has 0 aliphatic carbocycles. The van der Waals surface area contributed by atoms with E-state index >= 15 is 0 Å². The van der Waals surface area contributed by atoms with Gasteiger partial charge in [0.05, 0.1) is 4.92 Å². The molecule has 1 aromatic rings. The van der Waals surface area contributed by atoms with E-state index in [-0.39, 0.29) is 12.1 Å². The molecule has 0 aliphatic heterocycles. The van der Waals surface area contributed by atoms with Crippen molar-refractivity contribution in [3.05, 3.63) is 39.4 Å². The standard InChI is InChI=1S/C12H17F2N3O2/c1-16(2)5-3-4-15-8-9-6-12(17(18)19)11(14)7-10(9)13/h6-7,15H,3-5,8H2,1-2H3. The fourth-order valence-corrected chi connectivity index (χ4v) is 1.60. The largest absolute Gasteiger partial charge is 0.313 e. The van der Waals surface area contributed by atoms with Crippen molar-refractivity contribution in [1.82, 2.24) is 10.2 Å². The van der Waals surface area contributed by atoms with Gasteiger partial charge in [0, 0.05) is 24.2 Å². The lowest BCUT2D eigenvalue weighted by Gasteiger charge is -2.10. The number of nitrogens with one attached hydrogen (secondary N) is 1. The maximum absolute atomic E-state index is 13.4. The van der Waals surface area contributed by atoms with Crippen molar-refractivity contribution in [2.24, 2.45) is 0 Å². The van der Waals surface area contributed by atoms with E-state index in [1.807, 2.05) is 19.0 Å². The molecular formula is C12H17F2N3O2. The van der Waals surface area contributed by atoms with Crippen LogP contribution in [-0.2, 0) is 6.54 Å². The lowest BCUT2D eigenvalue weighted by Crippen LogP contribution is -2.21. The van der Waals surface area contributed by atoms with E-state index in [0.29, 0.717) is 12.6 Å². The molecule has 0 heterocycles. The summed E-state index contributed by atoms with van der Waals surface area (Å²) in [4.78, 5) is 11.7. The first kappa shape index (κ1) is 15.5. The van der Waals surface area contributed by atoms with Gasteiger partial charge in [-0.2, -0.15) is 4.39 Å². The zero-order valence-corrected chi connectivity index (χ0v) is 10.9. The zero-order valence-electron chi connectivity index (χ0n) is 10.9. The Labute approximate surface area is 110 Å². The number of hydrogen-bond acceptors (Lipinski definition) is 4. The minimum atomic E-state index is -1.15. The Hall–Kier alpha value is -1.60. The van der Waals surface area contributed by atoms with Crippen LogP contribution in [0.1, 0.15) is 12.0 Å². The number of rotatable bonds is 7. The van der Waals surface area contributed by atoms with Crippen LogP contribution in [0, 0.1) is 21.7 Å². The molecule has 1 rings (SSSR count). The second kappa shape index (κ2) is 7.10. The topological polar surface area (TPSA) is 58.4 Å². The third-order valence-corrected chi connectivity index (χ3v) is 2.59. The van der Waals surface area contributed by atoms with Crippen molar-refractivity contribution in [1.29, 1.82) is 0 Å². The van der Waals surface area contributed by atoms with Gasteiger partial charge in [0.1, 0.15) is 5.82 Å². The molecule has 19 heavy (non-hydrogen) atoms. The predicted molar refractivity (Wildman–Crippen MR) is 67.9 cm³/mol. The lowest BCUT2D eigenvalue weighted by molar-refractivity contribution is -0.387. The van der Waals surface area contributed by atoms with Crippen molar-refractivity contribution in [3.63, 3.8) is 0 Å². The van der Waals surface area contributed by atoms with Crippen LogP contribution < -0.4 is 5.32 Å². The third-order valence-electron chi connectivity index (χ3n) is 2.59. The summed E-state index contributed by atoms with van der Waals surface area (Å²) in [7, 11) is 3.89. The number of benzene rings is 1. The van der Waals surface area contributed by atoms with Gasteiger partial charge in [0.2, 0.25) is 5.82 Å². The van der Waals surface area contributed by atoms with E-state index in [4.69, 9.17) is 0 Å². The molecule has 0 unspecified atom stereocenters. The summed E-state index contributed by atoms with van der Waals surface area (Å²) < 4.78 is 26.5. The molecule has 0 bridgehead atoms. The molecule has 0 aliphatic rings. The first-order chi connectivity index (χ1) is 8.91. The molecule has 0 spiro atoms. The summed E-state index contributed by atoms with van der Waals surface area (Å²) in [5, 5.41) is 13.5. The van der Waals surface area contributed by atoms with Gasteiger partial charge < -0.3 is 10.2 Å². The molecule has 0 atom stereocenters. The minimum absolute atomic E-state index is 0.0953. The average Bonchev–Trinajstić information content (AvgIpc) is 2.30. The van der Waals surface area contributed by atoms with Crippen molar-refractivity contribution < 1.29 is 13.7 Å². The molecule has 0 saturated carbocycles. The number of hydrogen-bond donors (Lipinski definition) is 1. The molecule has 0 amide bonds. The minimum Gasteiger partial charge on any atom is -0.313 e. The molecule has 0 aromatic heterocycles. The third kappa shape index (κ3) is 4.88. The summed E-state index contributed by atoms with van der Waals surface area (Å²) in [6.45, 7) is 1.68. The van der Waals surface area contributed by atoms with Crippen LogP contribution in [0.25, 0.3) is 0 Å². The highest BCUT2D eigenvalue weighted by Gasteiger charge is 2.17. The van der Waals surface area contributed by atoms with E-state index in [1.54, 1.807) is 0 Å². The molecule has 0 fully saturated rings. The SMILES string of the molecule is CN(C)CCCNCc1cc([N+](=O)[O-])c(F)cc1F. The van der Waals surface area contributed by atoms with Gasteiger partial charge in [-0.15, -0.1) is 0 Å². The lowest BCUT2D eigenvalue weighted by atomic mass is 10.1. The Morgan fingerprint density at radius 1 is 1.32 bits per heavy atom. The molecule has 0 saturated heterocycles.